The lowest BCUT2D eigenvalue weighted by molar-refractivity contribution is -0.151. The Bertz CT molecular complexity index is 893. The van der Waals surface area contributed by atoms with Crippen molar-refractivity contribution in [2.75, 3.05) is 6.61 Å². The normalized spacial score (nSPS) is 13.2. The summed E-state index contributed by atoms with van der Waals surface area (Å²) in [7, 11) is 0. The minimum absolute atomic E-state index is 0.0815. The van der Waals surface area contributed by atoms with Crippen molar-refractivity contribution in [3.63, 3.8) is 0 Å². The largest absolute Gasteiger partial charge is 0.462 e. The van der Waals surface area contributed by atoms with Gasteiger partial charge < -0.3 is 20.3 Å². The number of aliphatic hydroxyl groups is 2. The molecule has 6 nitrogen and oxygen atoms in total. The number of unbranched alkanes of at least 4 members (excludes halogenated alkanes) is 34. The van der Waals surface area contributed by atoms with E-state index in [0.29, 0.717) is 19.3 Å². The van der Waals surface area contributed by atoms with Crippen LogP contribution in [0.4, 0.5) is 0 Å². The summed E-state index contributed by atoms with van der Waals surface area (Å²) in [5.41, 5.74) is 0. The first-order valence-corrected chi connectivity index (χ1v) is 26.4. The molecule has 0 saturated carbocycles. The number of allylic oxidation sites excluding steroid dienone is 2. The van der Waals surface area contributed by atoms with Crippen LogP contribution >= 0.6 is 0 Å². The zero-order valence-corrected chi connectivity index (χ0v) is 39.9. The average molecular weight is 834 g/mol. The molecule has 0 radical (unpaired) electrons. The molecule has 0 saturated heterocycles. The van der Waals surface area contributed by atoms with Crippen LogP contribution in [0.2, 0.25) is 0 Å². The van der Waals surface area contributed by atoms with Gasteiger partial charge in [-0.05, 0) is 51.4 Å². The van der Waals surface area contributed by atoms with Gasteiger partial charge >= 0.3 is 5.97 Å². The molecular formula is C53H103NO5. The topological polar surface area (TPSA) is 95.9 Å². The Kier molecular flexibility index (Phi) is 46.5. The minimum Gasteiger partial charge on any atom is -0.462 e. The van der Waals surface area contributed by atoms with E-state index in [-0.39, 0.29) is 24.9 Å². The van der Waals surface area contributed by atoms with Crippen LogP contribution in [0, 0.1) is 0 Å². The Morgan fingerprint density at radius 2 is 0.814 bits per heavy atom. The van der Waals surface area contributed by atoms with Gasteiger partial charge in [-0.3, -0.25) is 9.59 Å². The lowest BCUT2D eigenvalue weighted by Gasteiger charge is -2.24. The monoisotopic (exact) mass is 834 g/mol. The maximum absolute atomic E-state index is 13.2. The zero-order valence-electron chi connectivity index (χ0n) is 39.9. The second-order valence-corrected chi connectivity index (χ2v) is 18.3. The van der Waals surface area contributed by atoms with E-state index in [1.54, 1.807) is 0 Å². The molecule has 3 atom stereocenters. The molecule has 0 heterocycles. The van der Waals surface area contributed by atoms with Crippen molar-refractivity contribution < 1.29 is 24.5 Å². The van der Waals surface area contributed by atoms with E-state index in [2.05, 4.69) is 38.2 Å². The number of ether oxygens (including phenoxy) is 1. The summed E-state index contributed by atoms with van der Waals surface area (Å²) in [6.45, 7) is 6.49. The summed E-state index contributed by atoms with van der Waals surface area (Å²) in [5.74, 6) is -0.462. The van der Waals surface area contributed by atoms with Gasteiger partial charge in [0.25, 0.3) is 0 Å². The Morgan fingerprint density at radius 3 is 1.20 bits per heavy atom. The second-order valence-electron chi connectivity index (χ2n) is 18.3. The number of aliphatic hydroxyl groups excluding tert-OH is 2. The molecule has 0 bridgehead atoms. The van der Waals surface area contributed by atoms with Crippen molar-refractivity contribution in [2.45, 2.75) is 309 Å². The van der Waals surface area contributed by atoms with Gasteiger partial charge in [0.1, 0.15) is 6.10 Å². The van der Waals surface area contributed by atoms with Crippen LogP contribution in [0.3, 0.4) is 0 Å². The van der Waals surface area contributed by atoms with Crippen LogP contribution in [0.15, 0.2) is 12.2 Å². The molecule has 0 aliphatic heterocycles. The van der Waals surface area contributed by atoms with Crippen molar-refractivity contribution in [3.05, 3.63) is 12.2 Å². The summed E-state index contributed by atoms with van der Waals surface area (Å²) in [4.78, 5) is 26.1. The first-order valence-electron chi connectivity index (χ1n) is 26.4. The lowest BCUT2D eigenvalue weighted by Crippen LogP contribution is -2.46. The number of nitrogens with one attached hydrogen (secondary N) is 1. The van der Waals surface area contributed by atoms with Gasteiger partial charge in [0, 0.05) is 6.42 Å². The molecule has 1 amide bonds. The highest BCUT2D eigenvalue weighted by Crippen LogP contribution is 2.18. The van der Waals surface area contributed by atoms with Crippen molar-refractivity contribution >= 4 is 11.9 Å². The molecule has 0 aliphatic rings. The molecule has 3 N–H and O–H groups in total. The van der Waals surface area contributed by atoms with E-state index in [4.69, 9.17) is 4.74 Å². The fourth-order valence-electron chi connectivity index (χ4n) is 8.31. The van der Waals surface area contributed by atoms with Crippen LogP contribution in [-0.4, -0.2) is 46.9 Å². The second kappa shape index (κ2) is 47.6. The fourth-order valence-corrected chi connectivity index (χ4v) is 8.31. The van der Waals surface area contributed by atoms with Crippen LogP contribution in [0.5, 0.6) is 0 Å². The number of rotatable bonds is 48. The number of esters is 1. The highest BCUT2D eigenvalue weighted by Gasteiger charge is 2.24. The first kappa shape index (κ1) is 57.6. The van der Waals surface area contributed by atoms with Gasteiger partial charge in [-0.15, -0.1) is 0 Å². The maximum atomic E-state index is 13.2. The van der Waals surface area contributed by atoms with Crippen molar-refractivity contribution in [1.82, 2.24) is 5.32 Å². The quantitative estimate of drug-likeness (QED) is 0.0322. The molecule has 0 aliphatic carbocycles. The molecule has 3 unspecified atom stereocenters. The SMILES string of the molecule is CCCCCCCC/C=C/CCCCCCCCCC(CC(=O)NC(CO)C(O)CCCCCCCCCCCCCCC)OC(=O)CCCCCCCCCCCC. The molecule has 6 heteroatoms. The van der Waals surface area contributed by atoms with E-state index in [1.807, 2.05) is 0 Å². The summed E-state index contributed by atoms with van der Waals surface area (Å²) in [6.07, 6.45) is 52.7. The number of carbonyl (C=O) groups is 2. The molecule has 59 heavy (non-hydrogen) atoms. The summed E-state index contributed by atoms with van der Waals surface area (Å²) in [6, 6.07) is -0.696. The molecule has 0 aromatic carbocycles. The predicted octanol–water partition coefficient (Wildman–Crippen LogP) is 15.7. The standard InChI is InChI=1S/C53H103NO5/c1-4-7-10-13-16-19-22-24-25-26-27-29-30-32-35-38-41-44-49(59-53(58)46-43-40-37-34-21-18-15-12-9-6-3)47-52(57)54-50(48-55)51(56)45-42-39-36-33-31-28-23-20-17-14-11-8-5-2/h24-25,49-51,55-56H,4-23,26-48H2,1-3H3,(H,54,57)/b25-24+. The van der Waals surface area contributed by atoms with E-state index in [0.717, 1.165) is 51.4 Å². The Morgan fingerprint density at radius 1 is 0.475 bits per heavy atom. The smallest absolute Gasteiger partial charge is 0.306 e. The van der Waals surface area contributed by atoms with E-state index < -0.39 is 18.2 Å². The molecule has 0 spiro atoms. The fraction of sp³-hybridized carbons (Fsp3) is 0.925. The third kappa shape index (κ3) is 43.1. The molecule has 0 fully saturated rings. The van der Waals surface area contributed by atoms with Crippen LogP contribution < -0.4 is 5.32 Å². The summed E-state index contributed by atoms with van der Waals surface area (Å²) >= 11 is 0. The number of hydrogen-bond donors (Lipinski definition) is 3. The van der Waals surface area contributed by atoms with Crippen molar-refractivity contribution in [3.8, 4) is 0 Å². The zero-order chi connectivity index (χ0) is 43.1. The van der Waals surface area contributed by atoms with Crippen LogP contribution in [0.1, 0.15) is 290 Å². The van der Waals surface area contributed by atoms with Crippen molar-refractivity contribution in [1.29, 1.82) is 0 Å². The molecular weight excluding hydrogens is 731 g/mol. The van der Waals surface area contributed by atoms with E-state index in [1.165, 1.54) is 193 Å². The molecule has 0 aromatic rings. The lowest BCUT2D eigenvalue weighted by atomic mass is 10.0. The van der Waals surface area contributed by atoms with Gasteiger partial charge in [-0.1, -0.05) is 238 Å². The van der Waals surface area contributed by atoms with Crippen LogP contribution in [-0.2, 0) is 14.3 Å². The van der Waals surface area contributed by atoms with E-state index in [9.17, 15) is 19.8 Å². The maximum Gasteiger partial charge on any atom is 0.306 e. The molecule has 0 aromatic heterocycles. The van der Waals surface area contributed by atoms with Gasteiger partial charge in [-0.25, -0.2) is 0 Å². The number of carbonyl (C=O) groups excluding carboxylic acids is 2. The number of hydrogen-bond acceptors (Lipinski definition) is 5. The van der Waals surface area contributed by atoms with Crippen molar-refractivity contribution in [2.24, 2.45) is 0 Å². The Hall–Kier alpha value is -1.40. The predicted molar refractivity (Wildman–Crippen MR) is 255 cm³/mol. The first-order chi connectivity index (χ1) is 29.0. The summed E-state index contributed by atoms with van der Waals surface area (Å²) < 4.78 is 5.93. The van der Waals surface area contributed by atoms with Gasteiger partial charge in [0.05, 0.1) is 25.2 Å². The third-order valence-electron chi connectivity index (χ3n) is 12.3. The minimum atomic E-state index is -0.782. The van der Waals surface area contributed by atoms with Gasteiger partial charge in [-0.2, -0.15) is 0 Å². The molecule has 0 rings (SSSR count). The molecule has 350 valence electrons. The Balaban J connectivity index is 4.51. The highest BCUT2D eigenvalue weighted by atomic mass is 16.5. The Labute approximate surface area is 368 Å². The van der Waals surface area contributed by atoms with Gasteiger partial charge in [0.2, 0.25) is 5.91 Å². The van der Waals surface area contributed by atoms with Gasteiger partial charge in [0.15, 0.2) is 0 Å². The highest BCUT2D eigenvalue weighted by molar-refractivity contribution is 5.77. The van der Waals surface area contributed by atoms with E-state index >= 15 is 0 Å². The third-order valence-corrected chi connectivity index (χ3v) is 12.3. The number of amides is 1. The average Bonchev–Trinajstić information content (AvgIpc) is 3.23. The summed E-state index contributed by atoms with van der Waals surface area (Å²) in [5, 5.41) is 23.8. The van der Waals surface area contributed by atoms with Crippen LogP contribution in [0.25, 0.3) is 0 Å².